The van der Waals surface area contributed by atoms with Gasteiger partial charge in [0, 0.05) is 25.6 Å². The monoisotopic (exact) mass is 204 g/mol. The van der Waals surface area contributed by atoms with Crippen molar-refractivity contribution in [3.8, 4) is 0 Å². The Labute approximate surface area is 85.3 Å². The van der Waals surface area contributed by atoms with Gasteiger partial charge in [-0.1, -0.05) is 0 Å². The Balaban J connectivity index is 0.000000845. The maximum atomic E-state index is 11.3. The van der Waals surface area contributed by atoms with Gasteiger partial charge in [-0.2, -0.15) is 0 Å². The van der Waals surface area contributed by atoms with E-state index in [2.05, 4.69) is 5.32 Å². The number of hydrogen-bond acceptors (Lipinski definition) is 2. The fraction of sp³-hybridized carbons (Fsp3) is 0.889. The minimum absolute atomic E-state index is 0. The summed E-state index contributed by atoms with van der Waals surface area (Å²) in [5, 5.41) is 3.41. The van der Waals surface area contributed by atoms with Crippen molar-refractivity contribution in [1.29, 1.82) is 0 Å². The molecule has 0 radical (unpaired) electrons. The van der Waals surface area contributed by atoms with Crippen molar-refractivity contribution < 1.29 is 4.79 Å². The highest BCUT2D eigenvalue weighted by atomic mass is 35.5. The second-order valence-corrected chi connectivity index (χ2v) is 3.74. The van der Waals surface area contributed by atoms with Crippen LogP contribution >= 0.6 is 12.4 Å². The molecule has 0 bridgehead atoms. The zero-order chi connectivity index (χ0) is 8.39. The summed E-state index contributed by atoms with van der Waals surface area (Å²) in [4.78, 5) is 13.3. The average molecular weight is 205 g/mol. The molecule has 4 heteroatoms. The lowest BCUT2D eigenvalue weighted by molar-refractivity contribution is -0.127. The van der Waals surface area contributed by atoms with Crippen LogP contribution in [-0.4, -0.2) is 36.5 Å². The minimum atomic E-state index is 0. The van der Waals surface area contributed by atoms with Crippen LogP contribution in [-0.2, 0) is 4.79 Å². The number of hydrogen-bond donors (Lipinski definition) is 1. The molecule has 0 unspecified atom stereocenters. The number of rotatable bonds is 2. The molecular weight excluding hydrogens is 188 g/mol. The normalized spacial score (nSPS) is 27.8. The van der Waals surface area contributed by atoms with Crippen LogP contribution in [0.2, 0.25) is 0 Å². The average Bonchev–Trinajstić information content (AvgIpc) is 2.65. The standard InChI is InChI=1S/C9H16N2O.ClH/c12-9-4-2-6-11(9)7-8-3-1-5-10-8;/h8,10H,1-7H2;1H/t8-;/m0./s1. The Kier molecular flexibility index (Phi) is 4.00. The predicted octanol–water partition coefficient (Wildman–Crippen LogP) is 0.783. The molecule has 1 amide bonds. The second kappa shape index (κ2) is 4.82. The fourth-order valence-electron chi connectivity index (χ4n) is 2.08. The smallest absolute Gasteiger partial charge is 0.222 e. The van der Waals surface area contributed by atoms with E-state index >= 15 is 0 Å². The molecule has 1 N–H and O–H groups in total. The number of halogens is 1. The van der Waals surface area contributed by atoms with Crippen molar-refractivity contribution in [2.24, 2.45) is 0 Å². The van der Waals surface area contributed by atoms with Crippen LogP contribution in [0.15, 0.2) is 0 Å². The summed E-state index contributed by atoms with van der Waals surface area (Å²) in [6, 6.07) is 0.576. The first-order chi connectivity index (χ1) is 5.86. The third-order valence-corrected chi connectivity index (χ3v) is 2.77. The van der Waals surface area contributed by atoms with Crippen LogP contribution in [0.5, 0.6) is 0 Å². The van der Waals surface area contributed by atoms with Crippen molar-refractivity contribution >= 4 is 18.3 Å². The molecule has 0 aromatic heterocycles. The first-order valence-corrected chi connectivity index (χ1v) is 4.87. The summed E-state index contributed by atoms with van der Waals surface area (Å²) in [6.45, 7) is 3.06. The molecule has 2 saturated heterocycles. The van der Waals surface area contributed by atoms with Crippen LogP contribution in [0.3, 0.4) is 0 Å². The van der Waals surface area contributed by atoms with Crippen LogP contribution < -0.4 is 5.32 Å². The van der Waals surface area contributed by atoms with Gasteiger partial charge in [0.2, 0.25) is 5.91 Å². The highest BCUT2D eigenvalue weighted by Crippen LogP contribution is 2.13. The van der Waals surface area contributed by atoms with Crippen LogP contribution in [0.1, 0.15) is 25.7 Å². The summed E-state index contributed by atoms with van der Waals surface area (Å²) < 4.78 is 0. The Morgan fingerprint density at radius 3 is 2.85 bits per heavy atom. The largest absolute Gasteiger partial charge is 0.341 e. The van der Waals surface area contributed by atoms with Gasteiger partial charge in [-0.05, 0) is 25.8 Å². The highest BCUT2D eigenvalue weighted by Gasteiger charge is 2.24. The molecule has 3 nitrogen and oxygen atoms in total. The third kappa shape index (κ3) is 2.58. The molecule has 13 heavy (non-hydrogen) atoms. The molecule has 0 aromatic rings. The van der Waals surface area contributed by atoms with Gasteiger partial charge in [-0.3, -0.25) is 4.79 Å². The zero-order valence-corrected chi connectivity index (χ0v) is 8.61. The van der Waals surface area contributed by atoms with Crippen LogP contribution in [0.4, 0.5) is 0 Å². The van der Waals surface area contributed by atoms with Gasteiger partial charge >= 0.3 is 0 Å². The summed E-state index contributed by atoms with van der Waals surface area (Å²) in [5.41, 5.74) is 0. The number of likely N-dealkylation sites (tertiary alicyclic amines) is 1. The minimum Gasteiger partial charge on any atom is -0.341 e. The number of nitrogens with zero attached hydrogens (tertiary/aromatic N) is 1. The molecule has 2 aliphatic heterocycles. The molecule has 1 atom stereocenters. The van der Waals surface area contributed by atoms with Gasteiger partial charge in [0.15, 0.2) is 0 Å². The van der Waals surface area contributed by atoms with Crippen molar-refractivity contribution in [2.75, 3.05) is 19.6 Å². The molecule has 0 saturated carbocycles. The van der Waals surface area contributed by atoms with Crippen LogP contribution in [0, 0.1) is 0 Å². The third-order valence-electron chi connectivity index (χ3n) is 2.77. The zero-order valence-electron chi connectivity index (χ0n) is 7.79. The van der Waals surface area contributed by atoms with Crippen LogP contribution in [0.25, 0.3) is 0 Å². The van der Waals surface area contributed by atoms with E-state index in [9.17, 15) is 4.79 Å². The summed E-state index contributed by atoms with van der Waals surface area (Å²) in [7, 11) is 0. The van der Waals surface area contributed by atoms with Gasteiger partial charge < -0.3 is 10.2 Å². The molecule has 2 rings (SSSR count). The summed E-state index contributed by atoms with van der Waals surface area (Å²) in [6.07, 6.45) is 4.34. The Morgan fingerprint density at radius 2 is 2.31 bits per heavy atom. The van der Waals surface area contributed by atoms with Crippen molar-refractivity contribution in [2.45, 2.75) is 31.7 Å². The molecule has 0 aliphatic carbocycles. The van der Waals surface area contributed by atoms with Crippen molar-refractivity contribution in [1.82, 2.24) is 10.2 Å². The van der Waals surface area contributed by atoms with Gasteiger partial charge in [-0.15, -0.1) is 12.4 Å². The van der Waals surface area contributed by atoms with E-state index in [1.807, 2.05) is 4.90 Å². The maximum absolute atomic E-state index is 11.3. The molecule has 2 heterocycles. The van der Waals surface area contributed by atoms with Gasteiger partial charge in [0.05, 0.1) is 0 Å². The van der Waals surface area contributed by atoms with E-state index in [1.165, 1.54) is 12.8 Å². The quantitative estimate of drug-likeness (QED) is 0.721. The van der Waals surface area contributed by atoms with E-state index in [0.717, 1.165) is 32.5 Å². The lowest BCUT2D eigenvalue weighted by atomic mass is 10.2. The maximum Gasteiger partial charge on any atom is 0.222 e. The number of nitrogens with one attached hydrogen (secondary N) is 1. The predicted molar refractivity (Wildman–Crippen MR) is 54.1 cm³/mol. The highest BCUT2D eigenvalue weighted by molar-refractivity contribution is 5.85. The van der Waals surface area contributed by atoms with Crippen molar-refractivity contribution in [3.05, 3.63) is 0 Å². The fourth-order valence-corrected chi connectivity index (χ4v) is 2.08. The Morgan fingerprint density at radius 1 is 1.46 bits per heavy atom. The molecule has 0 aromatic carbocycles. The molecule has 76 valence electrons. The number of amides is 1. The Bertz CT molecular complexity index is 180. The van der Waals surface area contributed by atoms with E-state index < -0.39 is 0 Å². The van der Waals surface area contributed by atoms with Gasteiger partial charge in [0.25, 0.3) is 0 Å². The summed E-state index contributed by atoms with van der Waals surface area (Å²) in [5.74, 6) is 0.351. The number of carbonyl (C=O) groups excluding carboxylic acids is 1. The van der Waals surface area contributed by atoms with E-state index in [0.29, 0.717) is 11.9 Å². The Hall–Kier alpha value is -0.280. The SMILES string of the molecule is Cl.O=C1CCCN1C[C@@H]1CCCN1. The van der Waals surface area contributed by atoms with E-state index in [1.54, 1.807) is 0 Å². The lowest BCUT2D eigenvalue weighted by Gasteiger charge is -2.19. The topological polar surface area (TPSA) is 32.3 Å². The first-order valence-electron chi connectivity index (χ1n) is 4.87. The molecule has 0 spiro atoms. The number of carbonyl (C=O) groups is 1. The molecular formula is C9H17ClN2O. The molecule has 2 fully saturated rings. The first kappa shape index (κ1) is 10.8. The molecule has 2 aliphatic rings. The van der Waals surface area contributed by atoms with Gasteiger partial charge in [0.1, 0.15) is 0 Å². The van der Waals surface area contributed by atoms with E-state index in [4.69, 9.17) is 0 Å². The summed E-state index contributed by atoms with van der Waals surface area (Å²) >= 11 is 0. The lowest BCUT2D eigenvalue weighted by Crippen LogP contribution is -2.38. The van der Waals surface area contributed by atoms with E-state index in [-0.39, 0.29) is 12.4 Å². The van der Waals surface area contributed by atoms with Crippen molar-refractivity contribution in [3.63, 3.8) is 0 Å². The van der Waals surface area contributed by atoms with Gasteiger partial charge in [-0.25, -0.2) is 0 Å². The second-order valence-electron chi connectivity index (χ2n) is 3.74.